The van der Waals surface area contributed by atoms with Crippen LogP contribution in [-0.4, -0.2) is 62.4 Å². The maximum Gasteiger partial charge on any atom is 0.371 e. The van der Waals surface area contributed by atoms with Gasteiger partial charge in [0.15, 0.2) is 5.76 Å². The Kier molecular flexibility index (Phi) is 6.04. The number of hydrogen-bond donors (Lipinski definition) is 1. The molecule has 0 radical (unpaired) electrons. The fourth-order valence-corrected chi connectivity index (χ4v) is 1.44. The van der Waals surface area contributed by atoms with E-state index in [1.807, 2.05) is 0 Å². The van der Waals surface area contributed by atoms with Crippen LogP contribution in [0, 0.1) is 0 Å². The highest BCUT2D eigenvalue weighted by Crippen LogP contribution is 2.11. The Labute approximate surface area is 110 Å². The van der Waals surface area contributed by atoms with Crippen molar-refractivity contribution >= 4 is 11.9 Å². The Bertz CT molecular complexity index is 420. The van der Waals surface area contributed by atoms with Crippen molar-refractivity contribution in [3.63, 3.8) is 0 Å². The third-order valence-electron chi connectivity index (χ3n) is 2.45. The number of furan rings is 1. The summed E-state index contributed by atoms with van der Waals surface area (Å²) in [7, 11) is 3.07. The molecule has 106 valence electrons. The van der Waals surface area contributed by atoms with Gasteiger partial charge in [-0.25, -0.2) is 4.79 Å². The average Bonchev–Trinajstić information content (AvgIpc) is 2.88. The van der Waals surface area contributed by atoms with E-state index in [0.717, 1.165) is 0 Å². The Morgan fingerprint density at radius 1 is 1.16 bits per heavy atom. The Hall–Kier alpha value is -1.86. The number of ether oxygens (including phenoxy) is 2. The number of hydrogen-bond acceptors (Lipinski definition) is 5. The number of carboxylic acid groups (broad SMARTS) is 1. The molecule has 0 aliphatic rings. The van der Waals surface area contributed by atoms with Crippen molar-refractivity contribution in [2.75, 3.05) is 40.5 Å². The van der Waals surface area contributed by atoms with Crippen LogP contribution in [0.15, 0.2) is 16.5 Å². The summed E-state index contributed by atoms with van der Waals surface area (Å²) in [5, 5.41) is 8.74. The molecule has 1 amide bonds. The first-order valence-corrected chi connectivity index (χ1v) is 5.70. The summed E-state index contributed by atoms with van der Waals surface area (Å²) in [6.07, 6.45) is 0. The predicted molar refractivity (Wildman–Crippen MR) is 65.3 cm³/mol. The van der Waals surface area contributed by atoms with E-state index in [4.69, 9.17) is 19.0 Å². The second-order valence-corrected chi connectivity index (χ2v) is 3.75. The lowest BCUT2D eigenvalue weighted by atomic mass is 10.3. The Morgan fingerprint density at radius 2 is 1.68 bits per heavy atom. The molecular weight excluding hydrogens is 254 g/mol. The summed E-state index contributed by atoms with van der Waals surface area (Å²) in [5.41, 5.74) is 0. The molecule has 0 unspecified atom stereocenters. The van der Waals surface area contributed by atoms with Gasteiger partial charge in [-0.2, -0.15) is 0 Å². The van der Waals surface area contributed by atoms with Crippen LogP contribution in [0.25, 0.3) is 0 Å². The minimum atomic E-state index is -1.21. The molecule has 0 spiro atoms. The largest absolute Gasteiger partial charge is 0.475 e. The fraction of sp³-hybridized carbons (Fsp3) is 0.500. The second kappa shape index (κ2) is 7.55. The van der Waals surface area contributed by atoms with E-state index in [1.54, 1.807) is 0 Å². The van der Waals surface area contributed by atoms with E-state index in [-0.39, 0.29) is 17.4 Å². The van der Waals surface area contributed by atoms with Crippen LogP contribution in [-0.2, 0) is 9.47 Å². The minimum absolute atomic E-state index is 0.00962. The molecule has 0 atom stereocenters. The molecule has 1 rings (SSSR count). The van der Waals surface area contributed by atoms with Crippen LogP contribution in [0.2, 0.25) is 0 Å². The van der Waals surface area contributed by atoms with Gasteiger partial charge < -0.3 is 23.9 Å². The summed E-state index contributed by atoms with van der Waals surface area (Å²) in [5.74, 6) is -1.87. The van der Waals surface area contributed by atoms with Crippen LogP contribution in [0.1, 0.15) is 21.1 Å². The van der Waals surface area contributed by atoms with E-state index in [0.29, 0.717) is 26.3 Å². The standard InChI is InChI=1S/C12H17NO6/c1-17-7-5-13(6-8-18-2)11(14)9-3-4-10(19-9)12(15)16/h3-4H,5-8H2,1-2H3,(H,15,16). The summed E-state index contributed by atoms with van der Waals surface area (Å²) in [6.45, 7) is 1.51. The summed E-state index contributed by atoms with van der Waals surface area (Å²) >= 11 is 0. The van der Waals surface area contributed by atoms with E-state index < -0.39 is 5.97 Å². The van der Waals surface area contributed by atoms with Gasteiger partial charge in [0, 0.05) is 27.3 Å². The van der Waals surface area contributed by atoms with Crippen molar-refractivity contribution in [2.24, 2.45) is 0 Å². The van der Waals surface area contributed by atoms with Gasteiger partial charge in [-0.15, -0.1) is 0 Å². The maximum atomic E-state index is 12.1. The molecule has 0 aliphatic carbocycles. The van der Waals surface area contributed by atoms with Crippen molar-refractivity contribution < 1.29 is 28.6 Å². The number of carbonyl (C=O) groups excluding carboxylic acids is 1. The van der Waals surface area contributed by atoms with E-state index >= 15 is 0 Å². The molecule has 0 bridgehead atoms. The molecule has 0 saturated carbocycles. The van der Waals surface area contributed by atoms with Crippen molar-refractivity contribution in [2.45, 2.75) is 0 Å². The Morgan fingerprint density at radius 3 is 2.11 bits per heavy atom. The number of carboxylic acids is 1. The molecule has 0 saturated heterocycles. The van der Waals surface area contributed by atoms with Crippen molar-refractivity contribution in [3.05, 3.63) is 23.7 Å². The van der Waals surface area contributed by atoms with E-state index in [2.05, 4.69) is 0 Å². The molecule has 7 heteroatoms. The molecular formula is C12H17NO6. The summed E-state index contributed by atoms with van der Waals surface area (Å²) in [4.78, 5) is 24.3. The quantitative estimate of drug-likeness (QED) is 0.749. The summed E-state index contributed by atoms with van der Waals surface area (Å²) in [6, 6.07) is 2.60. The molecule has 19 heavy (non-hydrogen) atoms. The van der Waals surface area contributed by atoms with Crippen LogP contribution in [0.5, 0.6) is 0 Å². The zero-order chi connectivity index (χ0) is 14.3. The van der Waals surface area contributed by atoms with Crippen molar-refractivity contribution in [1.82, 2.24) is 4.90 Å². The van der Waals surface area contributed by atoms with Gasteiger partial charge in [-0.1, -0.05) is 0 Å². The molecule has 0 aliphatic heterocycles. The number of nitrogens with zero attached hydrogens (tertiary/aromatic N) is 1. The molecule has 7 nitrogen and oxygen atoms in total. The first-order chi connectivity index (χ1) is 9.10. The smallest absolute Gasteiger partial charge is 0.371 e. The third kappa shape index (κ3) is 4.38. The predicted octanol–water partition coefficient (Wildman–Crippen LogP) is 0.713. The van der Waals surface area contributed by atoms with Crippen LogP contribution in [0.4, 0.5) is 0 Å². The van der Waals surface area contributed by atoms with Gasteiger partial charge in [-0.3, -0.25) is 4.79 Å². The van der Waals surface area contributed by atoms with E-state index in [1.165, 1.54) is 31.3 Å². The van der Waals surface area contributed by atoms with E-state index in [9.17, 15) is 9.59 Å². The average molecular weight is 271 g/mol. The minimum Gasteiger partial charge on any atom is -0.475 e. The molecule has 1 aromatic rings. The number of methoxy groups -OCH3 is 2. The van der Waals surface area contributed by atoms with Gasteiger partial charge in [0.2, 0.25) is 5.76 Å². The van der Waals surface area contributed by atoms with Gasteiger partial charge in [0.1, 0.15) is 0 Å². The highest BCUT2D eigenvalue weighted by Gasteiger charge is 2.20. The number of amides is 1. The fourth-order valence-electron chi connectivity index (χ4n) is 1.44. The topological polar surface area (TPSA) is 89.2 Å². The monoisotopic (exact) mass is 271 g/mol. The molecule has 0 aromatic carbocycles. The third-order valence-corrected chi connectivity index (χ3v) is 2.45. The molecule has 1 aromatic heterocycles. The van der Waals surface area contributed by atoms with Gasteiger partial charge in [-0.05, 0) is 12.1 Å². The maximum absolute atomic E-state index is 12.1. The SMILES string of the molecule is COCCN(CCOC)C(=O)c1ccc(C(=O)O)o1. The number of rotatable bonds is 8. The first kappa shape index (κ1) is 15.2. The molecule has 1 heterocycles. The zero-order valence-corrected chi connectivity index (χ0v) is 10.9. The lowest BCUT2D eigenvalue weighted by Crippen LogP contribution is -2.36. The number of aromatic carboxylic acids is 1. The highest BCUT2D eigenvalue weighted by atomic mass is 16.5. The first-order valence-electron chi connectivity index (χ1n) is 5.70. The lowest BCUT2D eigenvalue weighted by molar-refractivity contribution is 0.0585. The van der Waals surface area contributed by atoms with Gasteiger partial charge in [0.25, 0.3) is 5.91 Å². The van der Waals surface area contributed by atoms with Crippen LogP contribution >= 0.6 is 0 Å². The Balaban J connectivity index is 2.75. The summed E-state index contributed by atoms with van der Waals surface area (Å²) < 4.78 is 14.8. The van der Waals surface area contributed by atoms with Crippen LogP contribution in [0.3, 0.4) is 0 Å². The normalized spacial score (nSPS) is 10.4. The van der Waals surface area contributed by atoms with Gasteiger partial charge >= 0.3 is 5.97 Å². The van der Waals surface area contributed by atoms with Crippen LogP contribution < -0.4 is 0 Å². The lowest BCUT2D eigenvalue weighted by Gasteiger charge is -2.20. The van der Waals surface area contributed by atoms with Crippen molar-refractivity contribution in [3.8, 4) is 0 Å². The molecule has 1 N–H and O–H groups in total. The highest BCUT2D eigenvalue weighted by molar-refractivity contribution is 5.93. The second-order valence-electron chi connectivity index (χ2n) is 3.75. The molecule has 0 fully saturated rings. The van der Waals surface area contributed by atoms with Gasteiger partial charge in [0.05, 0.1) is 13.2 Å². The van der Waals surface area contributed by atoms with Crippen molar-refractivity contribution in [1.29, 1.82) is 0 Å². The zero-order valence-electron chi connectivity index (χ0n) is 10.9. The number of carbonyl (C=O) groups is 2.